The number of amides is 1. The standard InChI is InChI=1S/C14H11ClN2O4S/c15-9-5-6-13(16-7-9)22(19,20)17-14(18)11-8-21-12-4-2-1-3-10(11)12/h1-7,11H,8H2,(H,17,18)/t11-/m0/s1. The van der Waals surface area contributed by atoms with E-state index in [1.54, 1.807) is 24.3 Å². The average molecular weight is 339 g/mol. The van der Waals surface area contributed by atoms with Gasteiger partial charge in [0.2, 0.25) is 5.91 Å². The summed E-state index contributed by atoms with van der Waals surface area (Å²) in [6, 6.07) is 9.65. The summed E-state index contributed by atoms with van der Waals surface area (Å²) in [4.78, 5) is 15.9. The van der Waals surface area contributed by atoms with Crippen LogP contribution in [-0.4, -0.2) is 25.9 Å². The lowest BCUT2D eigenvalue weighted by Gasteiger charge is -2.10. The van der Waals surface area contributed by atoms with Crippen molar-refractivity contribution in [3.63, 3.8) is 0 Å². The molecule has 1 aliphatic rings. The van der Waals surface area contributed by atoms with E-state index in [1.165, 1.54) is 18.3 Å². The Morgan fingerprint density at radius 2 is 2.05 bits per heavy atom. The number of para-hydroxylation sites is 1. The second-order valence-electron chi connectivity index (χ2n) is 4.69. The Morgan fingerprint density at radius 3 is 2.77 bits per heavy atom. The van der Waals surface area contributed by atoms with Crippen LogP contribution in [0.5, 0.6) is 5.75 Å². The van der Waals surface area contributed by atoms with Crippen LogP contribution >= 0.6 is 11.6 Å². The summed E-state index contributed by atoms with van der Waals surface area (Å²) in [7, 11) is -4.04. The number of benzene rings is 1. The molecule has 1 aromatic carbocycles. The molecule has 0 aliphatic carbocycles. The van der Waals surface area contributed by atoms with Crippen LogP contribution in [-0.2, 0) is 14.8 Å². The summed E-state index contributed by atoms with van der Waals surface area (Å²) in [5.41, 5.74) is 0.666. The Kier molecular flexibility index (Phi) is 3.76. The Balaban J connectivity index is 1.81. The van der Waals surface area contributed by atoms with Gasteiger partial charge in [-0.3, -0.25) is 4.79 Å². The Bertz CT molecular complexity index is 821. The second-order valence-corrected chi connectivity index (χ2v) is 6.75. The number of hydrogen-bond acceptors (Lipinski definition) is 5. The third-order valence-electron chi connectivity index (χ3n) is 3.23. The molecular formula is C14H11ClN2O4S. The lowest BCUT2D eigenvalue weighted by Crippen LogP contribution is -2.35. The monoisotopic (exact) mass is 338 g/mol. The fourth-order valence-corrected chi connectivity index (χ4v) is 3.22. The van der Waals surface area contributed by atoms with Gasteiger partial charge < -0.3 is 4.74 Å². The number of rotatable bonds is 3. The van der Waals surface area contributed by atoms with Gasteiger partial charge in [-0.1, -0.05) is 29.8 Å². The molecule has 0 radical (unpaired) electrons. The molecule has 6 nitrogen and oxygen atoms in total. The van der Waals surface area contributed by atoms with Gasteiger partial charge in [-0.2, -0.15) is 8.42 Å². The quantitative estimate of drug-likeness (QED) is 0.921. The van der Waals surface area contributed by atoms with E-state index in [4.69, 9.17) is 16.3 Å². The summed E-state index contributed by atoms with van der Waals surface area (Å²) in [5.74, 6) is -0.732. The van der Waals surface area contributed by atoms with E-state index in [0.29, 0.717) is 16.3 Å². The number of aromatic nitrogens is 1. The smallest absolute Gasteiger partial charge is 0.281 e. The van der Waals surface area contributed by atoms with Crippen LogP contribution in [0, 0.1) is 0 Å². The van der Waals surface area contributed by atoms with Crippen molar-refractivity contribution in [3.05, 3.63) is 53.2 Å². The molecule has 22 heavy (non-hydrogen) atoms. The Labute approximate surface area is 132 Å². The minimum atomic E-state index is -4.04. The summed E-state index contributed by atoms with van der Waals surface area (Å²) >= 11 is 5.67. The van der Waals surface area contributed by atoms with E-state index in [0.717, 1.165) is 0 Å². The number of fused-ring (bicyclic) bond motifs is 1. The molecule has 0 saturated heterocycles. The van der Waals surface area contributed by atoms with Gasteiger partial charge in [-0.25, -0.2) is 9.71 Å². The number of nitrogens with one attached hydrogen (secondary N) is 1. The van der Waals surface area contributed by atoms with Crippen molar-refractivity contribution in [3.8, 4) is 5.75 Å². The third-order valence-corrected chi connectivity index (χ3v) is 4.71. The number of carbonyl (C=O) groups is 1. The Hall–Kier alpha value is -2.12. The summed E-state index contributed by atoms with van der Waals surface area (Å²) < 4.78 is 31.7. The van der Waals surface area contributed by atoms with E-state index in [2.05, 4.69) is 4.98 Å². The fourth-order valence-electron chi connectivity index (χ4n) is 2.16. The first kappa shape index (κ1) is 14.8. The zero-order chi connectivity index (χ0) is 15.7. The number of halogens is 1. The summed E-state index contributed by atoms with van der Waals surface area (Å²) in [5, 5.41) is 0.0425. The molecule has 0 saturated carbocycles. The van der Waals surface area contributed by atoms with Gasteiger partial charge in [0, 0.05) is 11.8 Å². The van der Waals surface area contributed by atoms with Gasteiger partial charge in [0.05, 0.1) is 5.02 Å². The SMILES string of the molecule is O=C(NS(=O)(=O)c1ccc(Cl)cn1)[C@H]1COc2ccccc21. The largest absolute Gasteiger partial charge is 0.492 e. The molecule has 114 valence electrons. The van der Waals surface area contributed by atoms with Gasteiger partial charge in [-0.05, 0) is 18.2 Å². The van der Waals surface area contributed by atoms with Crippen molar-refractivity contribution in [2.75, 3.05) is 6.61 Å². The maximum absolute atomic E-state index is 12.2. The number of hydrogen-bond donors (Lipinski definition) is 1. The number of nitrogens with zero attached hydrogens (tertiary/aromatic N) is 1. The van der Waals surface area contributed by atoms with Crippen LogP contribution < -0.4 is 9.46 Å². The van der Waals surface area contributed by atoms with Gasteiger partial charge in [-0.15, -0.1) is 0 Å². The lowest BCUT2D eigenvalue weighted by molar-refractivity contribution is -0.120. The predicted molar refractivity (Wildman–Crippen MR) is 79.3 cm³/mol. The molecule has 1 aromatic heterocycles. The molecule has 8 heteroatoms. The molecule has 3 rings (SSSR count). The van der Waals surface area contributed by atoms with E-state index in [-0.39, 0.29) is 11.6 Å². The molecule has 0 bridgehead atoms. The van der Waals surface area contributed by atoms with Crippen LogP contribution in [0.2, 0.25) is 5.02 Å². The van der Waals surface area contributed by atoms with Crippen molar-refractivity contribution in [1.29, 1.82) is 0 Å². The van der Waals surface area contributed by atoms with Gasteiger partial charge >= 0.3 is 0 Å². The van der Waals surface area contributed by atoms with Crippen LogP contribution in [0.3, 0.4) is 0 Å². The topological polar surface area (TPSA) is 85.4 Å². The van der Waals surface area contributed by atoms with Crippen molar-refractivity contribution in [1.82, 2.24) is 9.71 Å². The van der Waals surface area contributed by atoms with Crippen LogP contribution in [0.15, 0.2) is 47.6 Å². The molecule has 2 aromatic rings. The number of carbonyl (C=O) groups excluding carboxylic acids is 1. The molecule has 0 spiro atoms. The average Bonchev–Trinajstić information content (AvgIpc) is 2.91. The zero-order valence-electron chi connectivity index (χ0n) is 11.2. The highest BCUT2D eigenvalue weighted by molar-refractivity contribution is 7.90. The molecule has 2 heterocycles. The first-order valence-corrected chi connectivity index (χ1v) is 8.23. The number of sulfonamides is 1. The van der Waals surface area contributed by atoms with Crippen molar-refractivity contribution < 1.29 is 17.9 Å². The molecule has 1 atom stereocenters. The minimum absolute atomic E-state index is 0.106. The fraction of sp³-hybridized carbons (Fsp3) is 0.143. The Morgan fingerprint density at radius 1 is 1.27 bits per heavy atom. The highest BCUT2D eigenvalue weighted by atomic mass is 35.5. The molecule has 1 amide bonds. The molecule has 1 aliphatic heterocycles. The number of pyridine rings is 1. The van der Waals surface area contributed by atoms with Crippen molar-refractivity contribution in [2.24, 2.45) is 0 Å². The normalized spacial score (nSPS) is 16.7. The van der Waals surface area contributed by atoms with Gasteiger partial charge in [0.25, 0.3) is 10.0 Å². The van der Waals surface area contributed by atoms with Crippen LogP contribution in [0.25, 0.3) is 0 Å². The minimum Gasteiger partial charge on any atom is -0.492 e. The second kappa shape index (κ2) is 5.58. The zero-order valence-corrected chi connectivity index (χ0v) is 12.8. The van der Waals surface area contributed by atoms with E-state index in [9.17, 15) is 13.2 Å². The van der Waals surface area contributed by atoms with Crippen LogP contribution in [0.4, 0.5) is 0 Å². The lowest BCUT2D eigenvalue weighted by atomic mass is 10.0. The summed E-state index contributed by atoms with van der Waals surface area (Å²) in [6.45, 7) is 0.106. The highest BCUT2D eigenvalue weighted by Gasteiger charge is 2.33. The van der Waals surface area contributed by atoms with Gasteiger partial charge in [0.1, 0.15) is 18.3 Å². The molecule has 0 unspecified atom stereocenters. The first-order valence-electron chi connectivity index (χ1n) is 6.37. The maximum atomic E-state index is 12.2. The highest BCUT2D eigenvalue weighted by Crippen LogP contribution is 2.33. The number of ether oxygens (including phenoxy) is 1. The molecule has 1 N–H and O–H groups in total. The van der Waals surface area contributed by atoms with Crippen molar-refractivity contribution in [2.45, 2.75) is 10.9 Å². The van der Waals surface area contributed by atoms with E-state index in [1.807, 2.05) is 4.72 Å². The predicted octanol–water partition coefficient (Wildman–Crippen LogP) is 1.72. The van der Waals surface area contributed by atoms with Crippen LogP contribution in [0.1, 0.15) is 11.5 Å². The van der Waals surface area contributed by atoms with Crippen molar-refractivity contribution >= 4 is 27.5 Å². The first-order chi connectivity index (χ1) is 10.5. The third kappa shape index (κ3) is 2.77. The maximum Gasteiger partial charge on any atom is 0.281 e. The van der Waals surface area contributed by atoms with Gasteiger partial charge in [0.15, 0.2) is 5.03 Å². The summed E-state index contributed by atoms with van der Waals surface area (Å²) in [6.07, 6.45) is 1.20. The van der Waals surface area contributed by atoms with E-state index >= 15 is 0 Å². The molecular weight excluding hydrogens is 328 g/mol. The van der Waals surface area contributed by atoms with E-state index < -0.39 is 21.8 Å². The molecule has 0 fully saturated rings.